The molecular weight excluding hydrogens is 298 g/mol. The van der Waals surface area contributed by atoms with Crippen LogP contribution >= 0.6 is 0 Å². The molecule has 0 aliphatic carbocycles. The maximum absolute atomic E-state index is 11.6. The van der Waals surface area contributed by atoms with Crippen LogP contribution in [-0.4, -0.2) is 31.6 Å². The van der Waals surface area contributed by atoms with Crippen molar-refractivity contribution in [1.29, 1.82) is 0 Å². The number of furan rings is 1. The van der Waals surface area contributed by atoms with Gasteiger partial charge in [-0.15, -0.1) is 0 Å². The summed E-state index contributed by atoms with van der Waals surface area (Å²) < 4.78 is 15.5. The summed E-state index contributed by atoms with van der Waals surface area (Å²) in [4.78, 5) is 23.1. The van der Waals surface area contributed by atoms with Crippen LogP contribution in [0.3, 0.4) is 0 Å². The van der Waals surface area contributed by atoms with E-state index in [1.165, 1.54) is 6.26 Å². The first kappa shape index (κ1) is 16.6. The highest BCUT2D eigenvalue weighted by molar-refractivity contribution is 5.91. The Morgan fingerprint density at radius 2 is 1.96 bits per heavy atom. The summed E-state index contributed by atoms with van der Waals surface area (Å²) in [5, 5.41) is 2.57. The SMILES string of the molecule is Cc1ccccc1OCCOC(=O)CCNC(=O)c1ccco1. The van der Waals surface area contributed by atoms with Crippen LogP contribution in [0.1, 0.15) is 22.5 Å². The average Bonchev–Trinajstić information content (AvgIpc) is 3.07. The van der Waals surface area contributed by atoms with Crippen LogP contribution in [0.4, 0.5) is 0 Å². The van der Waals surface area contributed by atoms with Crippen LogP contribution in [0, 0.1) is 6.92 Å². The van der Waals surface area contributed by atoms with E-state index in [9.17, 15) is 9.59 Å². The van der Waals surface area contributed by atoms with Crippen molar-refractivity contribution in [3.63, 3.8) is 0 Å². The van der Waals surface area contributed by atoms with E-state index in [1.807, 2.05) is 31.2 Å². The zero-order valence-corrected chi connectivity index (χ0v) is 12.9. The third kappa shape index (κ3) is 5.50. The number of ether oxygens (including phenoxy) is 2. The summed E-state index contributed by atoms with van der Waals surface area (Å²) in [6.07, 6.45) is 1.51. The number of hydrogen-bond acceptors (Lipinski definition) is 5. The van der Waals surface area contributed by atoms with Crippen LogP contribution in [0.5, 0.6) is 5.75 Å². The molecule has 1 aromatic carbocycles. The predicted octanol–water partition coefficient (Wildman–Crippen LogP) is 2.33. The van der Waals surface area contributed by atoms with Crippen molar-refractivity contribution >= 4 is 11.9 Å². The van der Waals surface area contributed by atoms with Gasteiger partial charge in [0.05, 0.1) is 12.7 Å². The Bertz CT molecular complexity index is 636. The highest BCUT2D eigenvalue weighted by Gasteiger charge is 2.09. The Morgan fingerprint density at radius 1 is 1.13 bits per heavy atom. The monoisotopic (exact) mass is 317 g/mol. The van der Waals surface area contributed by atoms with Crippen LogP contribution in [0.15, 0.2) is 47.1 Å². The molecule has 6 nitrogen and oxygen atoms in total. The fourth-order valence-corrected chi connectivity index (χ4v) is 1.87. The molecule has 0 saturated carbocycles. The molecule has 1 amide bonds. The molecule has 0 atom stereocenters. The smallest absolute Gasteiger partial charge is 0.307 e. The standard InChI is InChI=1S/C17H19NO5/c1-13-5-2-3-6-14(13)22-11-12-23-16(19)8-9-18-17(20)15-7-4-10-21-15/h2-7,10H,8-9,11-12H2,1H3,(H,18,20). The van der Waals surface area contributed by atoms with Gasteiger partial charge in [0.2, 0.25) is 0 Å². The number of rotatable bonds is 8. The fraction of sp³-hybridized carbons (Fsp3) is 0.294. The van der Waals surface area contributed by atoms with Crippen LogP contribution in [-0.2, 0) is 9.53 Å². The minimum absolute atomic E-state index is 0.0941. The van der Waals surface area contributed by atoms with Crippen molar-refractivity contribution in [3.8, 4) is 5.75 Å². The number of hydrogen-bond donors (Lipinski definition) is 1. The van der Waals surface area contributed by atoms with Crippen molar-refractivity contribution in [3.05, 3.63) is 54.0 Å². The number of nitrogens with one attached hydrogen (secondary N) is 1. The Morgan fingerprint density at radius 3 is 2.70 bits per heavy atom. The molecule has 0 unspecified atom stereocenters. The number of esters is 1. The topological polar surface area (TPSA) is 77.8 Å². The van der Waals surface area contributed by atoms with Crippen molar-refractivity contribution in [1.82, 2.24) is 5.32 Å². The molecule has 0 saturated heterocycles. The highest BCUT2D eigenvalue weighted by Crippen LogP contribution is 2.15. The van der Waals surface area contributed by atoms with Gasteiger partial charge in [0.1, 0.15) is 19.0 Å². The number of amides is 1. The first-order chi connectivity index (χ1) is 11.2. The molecule has 1 N–H and O–H groups in total. The number of carbonyl (C=O) groups is 2. The summed E-state index contributed by atoms with van der Waals surface area (Å²) in [6.45, 7) is 2.59. The summed E-state index contributed by atoms with van der Waals surface area (Å²) in [7, 11) is 0. The largest absolute Gasteiger partial charge is 0.490 e. The van der Waals surface area contributed by atoms with Gasteiger partial charge in [-0.2, -0.15) is 0 Å². The lowest BCUT2D eigenvalue weighted by Gasteiger charge is -2.09. The normalized spacial score (nSPS) is 10.1. The van der Waals surface area contributed by atoms with Gasteiger partial charge in [0, 0.05) is 6.54 Å². The van der Waals surface area contributed by atoms with Gasteiger partial charge in [-0.3, -0.25) is 9.59 Å². The Balaban J connectivity index is 1.57. The van der Waals surface area contributed by atoms with Gasteiger partial charge in [0.25, 0.3) is 5.91 Å². The lowest BCUT2D eigenvalue weighted by atomic mass is 10.2. The fourth-order valence-electron chi connectivity index (χ4n) is 1.87. The van der Waals surface area contributed by atoms with E-state index in [0.29, 0.717) is 0 Å². The minimum atomic E-state index is -0.391. The number of aryl methyl sites for hydroxylation is 1. The molecule has 0 radical (unpaired) electrons. The average molecular weight is 317 g/mol. The van der Waals surface area contributed by atoms with Crippen molar-refractivity contribution < 1.29 is 23.5 Å². The molecule has 0 bridgehead atoms. The molecule has 2 rings (SSSR count). The third-order valence-electron chi connectivity index (χ3n) is 3.06. The molecule has 23 heavy (non-hydrogen) atoms. The molecule has 6 heteroatoms. The second kappa shape index (κ2) is 8.63. The molecule has 0 fully saturated rings. The van der Waals surface area contributed by atoms with Gasteiger partial charge in [0.15, 0.2) is 5.76 Å². The molecule has 2 aromatic rings. The Kier molecular flexibility index (Phi) is 6.23. The predicted molar refractivity (Wildman–Crippen MR) is 83.3 cm³/mol. The van der Waals surface area contributed by atoms with Gasteiger partial charge in [-0.05, 0) is 30.7 Å². The molecule has 0 spiro atoms. The van der Waals surface area contributed by atoms with E-state index in [4.69, 9.17) is 13.9 Å². The number of carbonyl (C=O) groups excluding carboxylic acids is 2. The van der Waals surface area contributed by atoms with Crippen LogP contribution in [0.25, 0.3) is 0 Å². The Hall–Kier alpha value is -2.76. The summed E-state index contributed by atoms with van der Waals surface area (Å²) in [6, 6.07) is 10.8. The second-order valence-electron chi connectivity index (χ2n) is 4.82. The first-order valence-electron chi connectivity index (χ1n) is 7.32. The second-order valence-corrected chi connectivity index (χ2v) is 4.82. The van der Waals surface area contributed by atoms with E-state index in [-0.39, 0.29) is 37.8 Å². The van der Waals surface area contributed by atoms with Crippen molar-refractivity contribution in [2.24, 2.45) is 0 Å². The lowest BCUT2D eigenvalue weighted by molar-refractivity contribution is -0.144. The Labute approximate surface area is 134 Å². The molecule has 0 aliphatic rings. The molecular formula is C17H19NO5. The van der Waals surface area contributed by atoms with Crippen molar-refractivity contribution in [2.75, 3.05) is 19.8 Å². The number of para-hydroxylation sites is 1. The van der Waals surface area contributed by atoms with E-state index >= 15 is 0 Å². The zero-order valence-electron chi connectivity index (χ0n) is 12.9. The lowest BCUT2D eigenvalue weighted by Crippen LogP contribution is -2.26. The molecule has 1 aromatic heterocycles. The summed E-state index contributed by atoms with van der Waals surface area (Å²) in [5.41, 5.74) is 1.03. The van der Waals surface area contributed by atoms with Crippen LogP contribution < -0.4 is 10.1 Å². The van der Waals surface area contributed by atoms with Gasteiger partial charge < -0.3 is 19.2 Å². The first-order valence-corrected chi connectivity index (χ1v) is 7.32. The summed E-state index contributed by atoms with van der Waals surface area (Å²) in [5.74, 6) is 0.239. The zero-order chi connectivity index (χ0) is 16.5. The van der Waals surface area contributed by atoms with Crippen molar-refractivity contribution in [2.45, 2.75) is 13.3 Å². The molecule has 1 heterocycles. The van der Waals surface area contributed by atoms with E-state index in [2.05, 4.69) is 5.32 Å². The van der Waals surface area contributed by atoms with E-state index in [1.54, 1.807) is 12.1 Å². The van der Waals surface area contributed by atoms with Crippen LogP contribution in [0.2, 0.25) is 0 Å². The highest BCUT2D eigenvalue weighted by atomic mass is 16.6. The number of benzene rings is 1. The maximum Gasteiger partial charge on any atom is 0.307 e. The molecule has 122 valence electrons. The van der Waals surface area contributed by atoms with Gasteiger partial charge >= 0.3 is 5.97 Å². The maximum atomic E-state index is 11.6. The van der Waals surface area contributed by atoms with Gasteiger partial charge in [-0.25, -0.2) is 0 Å². The third-order valence-corrected chi connectivity index (χ3v) is 3.06. The van der Waals surface area contributed by atoms with Gasteiger partial charge in [-0.1, -0.05) is 18.2 Å². The van der Waals surface area contributed by atoms with E-state index in [0.717, 1.165) is 11.3 Å². The molecule has 0 aliphatic heterocycles. The summed E-state index contributed by atoms with van der Waals surface area (Å²) >= 11 is 0. The van der Waals surface area contributed by atoms with E-state index < -0.39 is 5.97 Å². The quantitative estimate of drug-likeness (QED) is 0.597. The minimum Gasteiger partial charge on any atom is -0.490 e.